The molecule has 2 aromatic rings. The minimum atomic E-state index is 0.00928. The molecule has 0 aliphatic carbocycles. The van der Waals surface area contributed by atoms with Crippen LogP contribution >= 0.6 is 0 Å². The normalized spacial score (nSPS) is 24.0. The molecule has 2 aliphatic heterocycles. The van der Waals surface area contributed by atoms with Crippen LogP contribution in [0.2, 0.25) is 0 Å². The number of rotatable bonds is 5. The van der Waals surface area contributed by atoms with Crippen LogP contribution in [0.1, 0.15) is 70.2 Å². The fourth-order valence-corrected chi connectivity index (χ4v) is 4.74. The lowest BCUT2D eigenvalue weighted by molar-refractivity contribution is -0.136. The maximum atomic E-state index is 13.0. The number of fused-ring (bicyclic) bond motifs is 2. The topological polar surface area (TPSA) is 60.2 Å². The molecule has 3 heterocycles. The average Bonchev–Trinajstić information content (AvgIpc) is 3.30. The quantitative estimate of drug-likeness (QED) is 0.769. The van der Waals surface area contributed by atoms with E-state index in [0.717, 1.165) is 43.5 Å². The maximum Gasteiger partial charge on any atom is 0.223 e. The van der Waals surface area contributed by atoms with Crippen LogP contribution in [0.5, 0.6) is 5.75 Å². The highest BCUT2D eigenvalue weighted by Crippen LogP contribution is 2.41. The third-order valence-electron chi connectivity index (χ3n) is 6.44. The van der Waals surface area contributed by atoms with Gasteiger partial charge in [0, 0.05) is 30.1 Å². The first-order chi connectivity index (χ1) is 13.8. The summed E-state index contributed by atoms with van der Waals surface area (Å²) in [6.07, 6.45) is 7.63. The highest BCUT2D eigenvalue weighted by Gasteiger charge is 2.43. The molecule has 1 amide bonds. The summed E-state index contributed by atoms with van der Waals surface area (Å²) in [7, 11) is 1.67. The molecule has 0 N–H and O–H groups in total. The van der Waals surface area contributed by atoms with Gasteiger partial charge in [0.1, 0.15) is 5.75 Å². The zero-order chi connectivity index (χ0) is 20.6. The van der Waals surface area contributed by atoms with Crippen molar-refractivity contribution in [2.45, 2.75) is 82.8 Å². The molecule has 29 heavy (non-hydrogen) atoms. The first-order valence-corrected chi connectivity index (χ1v) is 10.7. The molecule has 0 saturated carbocycles. The van der Waals surface area contributed by atoms with Crippen molar-refractivity contribution in [3.05, 3.63) is 41.7 Å². The van der Waals surface area contributed by atoms with E-state index in [1.54, 1.807) is 7.11 Å². The van der Waals surface area contributed by atoms with E-state index in [0.29, 0.717) is 30.5 Å². The van der Waals surface area contributed by atoms with E-state index in [-0.39, 0.29) is 5.41 Å². The van der Waals surface area contributed by atoms with Gasteiger partial charge in [-0.05, 0) is 49.8 Å². The number of carbonyl (C=O) groups is 1. The van der Waals surface area contributed by atoms with E-state index >= 15 is 0 Å². The van der Waals surface area contributed by atoms with Crippen LogP contribution in [-0.4, -0.2) is 45.0 Å². The van der Waals surface area contributed by atoms with E-state index in [2.05, 4.69) is 42.2 Å². The van der Waals surface area contributed by atoms with Crippen molar-refractivity contribution in [1.82, 2.24) is 19.9 Å². The summed E-state index contributed by atoms with van der Waals surface area (Å²) in [5, 5.41) is 8.80. The van der Waals surface area contributed by atoms with E-state index in [1.807, 2.05) is 28.9 Å². The van der Waals surface area contributed by atoms with Crippen LogP contribution in [0.4, 0.5) is 0 Å². The number of nitrogens with zero attached hydrogens (tertiary/aromatic N) is 4. The van der Waals surface area contributed by atoms with Crippen molar-refractivity contribution in [1.29, 1.82) is 0 Å². The summed E-state index contributed by atoms with van der Waals surface area (Å²) >= 11 is 0. The second kappa shape index (κ2) is 7.81. The summed E-state index contributed by atoms with van der Waals surface area (Å²) in [6.45, 7) is 6.49. The number of methoxy groups -OCH3 is 1. The number of ether oxygens (including phenoxy) is 1. The summed E-state index contributed by atoms with van der Waals surface area (Å²) < 4.78 is 7.25. The average molecular weight is 397 g/mol. The number of hydrogen-bond donors (Lipinski definition) is 0. The maximum absolute atomic E-state index is 13.0. The highest BCUT2D eigenvalue weighted by molar-refractivity contribution is 5.77. The molecule has 2 saturated heterocycles. The van der Waals surface area contributed by atoms with E-state index in [1.165, 1.54) is 5.56 Å². The SMILES string of the molecule is COc1ccc(CCC(=O)N2C3CCC2CC(n2cc(C(C)(C)C)nn2)C3)cc1. The van der Waals surface area contributed by atoms with E-state index in [4.69, 9.17) is 4.74 Å². The molecular weight excluding hydrogens is 364 g/mol. The minimum Gasteiger partial charge on any atom is -0.497 e. The molecule has 2 unspecified atom stereocenters. The number of aromatic nitrogens is 3. The van der Waals surface area contributed by atoms with Crippen molar-refractivity contribution < 1.29 is 9.53 Å². The molecule has 2 aliphatic rings. The second-order valence-corrected chi connectivity index (χ2v) is 9.49. The Hall–Kier alpha value is -2.37. The second-order valence-electron chi connectivity index (χ2n) is 9.49. The predicted octanol–water partition coefficient (Wildman–Crippen LogP) is 3.91. The Morgan fingerprint density at radius 3 is 2.31 bits per heavy atom. The number of carbonyl (C=O) groups excluding carboxylic acids is 1. The van der Waals surface area contributed by atoms with Crippen LogP contribution in [-0.2, 0) is 16.6 Å². The summed E-state index contributed by atoms with van der Waals surface area (Å²) in [4.78, 5) is 15.2. The molecule has 6 nitrogen and oxygen atoms in total. The molecular formula is C23H32N4O2. The summed E-state index contributed by atoms with van der Waals surface area (Å²) in [5.41, 5.74) is 2.22. The molecule has 4 rings (SSSR count). The van der Waals surface area contributed by atoms with Crippen molar-refractivity contribution in [3.63, 3.8) is 0 Å². The Balaban J connectivity index is 1.37. The van der Waals surface area contributed by atoms with Crippen molar-refractivity contribution in [2.24, 2.45) is 0 Å². The fourth-order valence-electron chi connectivity index (χ4n) is 4.74. The van der Waals surface area contributed by atoms with Gasteiger partial charge in [-0.25, -0.2) is 4.68 Å². The molecule has 156 valence electrons. The molecule has 0 radical (unpaired) electrons. The summed E-state index contributed by atoms with van der Waals surface area (Å²) in [5.74, 6) is 1.14. The Kier molecular flexibility index (Phi) is 5.36. The lowest BCUT2D eigenvalue weighted by atomic mass is 9.93. The number of piperidine rings is 1. The van der Waals surface area contributed by atoms with Crippen LogP contribution in [0.15, 0.2) is 30.5 Å². The standard InChI is InChI=1S/C23H32N4O2/c1-23(2,3)21-15-26(25-24-21)19-13-17-8-9-18(14-19)27(17)22(28)12-7-16-5-10-20(29-4)11-6-16/h5-6,10-11,15,17-19H,7-9,12-14H2,1-4H3. The van der Waals surface area contributed by atoms with E-state index < -0.39 is 0 Å². The fraction of sp³-hybridized carbons (Fsp3) is 0.609. The lowest BCUT2D eigenvalue weighted by Gasteiger charge is -2.39. The van der Waals surface area contributed by atoms with Gasteiger partial charge in [-0.1, -0.05) is 38.1 Å². The largest absolute Gasteiger partial charge is 0.497 e. The molecule has 2 bridgehead atoms. The van der Waals surface area contributed by atoms with Gasteiger partial charge in [0.15, 0.2) is 0 Å². The van der Waals surface area contributed by atoms with Gasteiger partial charge in [-0.15, -0.1) is 5.10 Å². The Morgan fingerprint density at radius 1 is 1.10 bits per heavy atom. The Bertz CT molecular complexity index is 839. The third-order valence-corrected chi connectivity index (χ3v) is 6.44. The van der Waals surface area contributed by atoms with Crippen LogP contribution in [0, 0.1) is 0 Å². The van der Waals surface area contributed by atoms with Crippen LogP contribution in [0.25, 0.3) is 0 Å². The zero-order valence-electron chi connectivity index (χ0n) is 18.0. The van der Waals surface area contributed by atoms with Gasteiger partial charge in [0.25, 0.3) is 0 Å². The predicted molar refractivity (Wildman–Crippen MR) is 112 cm³/mol. The first kappa shape index (κ1) is 19.9. The smallest absolute Gasteiger partial charge is 0.223 e. The van der Waals surface area contributed by atoms with Gasteiger partial charge in [0.05, 0.1) is 18.8 Å². The van der Waals surface area contributed by atoms with Crippen molar-refractivity contribution in [2.75, 3.05) is 7.11 Å². The van der Waals surface area contributed by atoms with Crippen molar-refractivity contribution in [3.8, 4) is 5.75 Å². The Morgan fingerprint density at radius 2 is 1.76 bits per heavy atom. The molecule has 2 fully saturated rings. The molecule has 6 heteroatoms. The van der Waals surface area contributed by atoms with Crippen LogP contribution in [0.3, 0.4) is 0 Å². The van der Waals surface area contributed by atoms with Crippen LogP contribution < -0.4 is 4.74 Å². The minimum absolute atomic E-state index is 0.00928. The number of amides is 1. The Labute approximate surface area is 173 Å². The molecule has 2 atom stereocenters. The van der Waals surface area contributed by atoms with E-state index in [9.17, 15) is 4.79 Å². The van der Waals surface area contributed by atoms with Gasteiger partial charge in [-0.3, -0.25) is 4.79 Å². The lowest BCUT2D eigenvalue weighted by Crippen LogP contribution is -2.47. The third kappa shape index (κ3) is 4.16. The number of aryl methyl sites for hydroxylation is 1. The molecule has 1 aromatic heterocycles. The highest BCUT2D eigenvalue weighted by atomic mass is 16.5. The number of benzene rings is 1. The van der Waals surface area contributed by atoms with Gasteiger partial charge >= 0.3 is 0 Å². The van der Waals surface area contributed by atoms with Gasteiger partial charge in [-0.2, -0.15) is 0 Å². The monoisotopic (exact) mass is 396 g/mol. The summed E-state index contributed by atoms with van der Waals surface area (Å²) in [6, 6.07) is 9.03. The molecule has 0 spiro atoms. The van der Waals surface area contributed by atoms with Gasteiger partial charge < -0.3 is 9.64 Å². The zero-order valence-corrected chi connectivity index (χ0v) is 18.0. The first-order valence-electron chi connectivity index (χ1n) is 10.7. The van der Waals surface area contributed by atoms with Crippen molar-refractivity contribution >= 4 is 5.91 Å². The number of hydrogen-bond acceptors (Lipinski definition) is 4. The van der Waals surface area contributed by atoms with Gasteiger partial charge in [0.2, 0.25) is 5.91 Å². The molecule has 1 aromatic carbocycles.